The van der Waals surface area contributed by atoms with E-state index in [1.54, 1.807) is 6.92 Å². The van der Waals surface area contributed by atoms with Crippen LogP contribution in [0.1, 0.15) is 14.8 Å². The number of alkyl halides is 1. The predicted molar refractivity (Wildman–Crippen MR) is 35.9 cm³/mol. The SMILES string of the molecule is CC(CCCl)OS(=O)[O-].[H-].[Na+]. The molecule has 0 heterocycles. The zero-order chi connectivity index (χ0) is 7.28. The predicted octanol–water partition coefficient (Wildman–Crippen LogP) is -2.07. The second kappa shape index (κ2) is 8.46. The minimum atomic E-state index is -2.41. The first kappa shape index (κ1) is 13.9. The summed E-state index contributed by atoms with van der Waals surface area (Å²) >= 11 is 2.89. The Kier molecular flexibility index (Phi) is 11.8. The standard InChI is InChI=1S/C4H9ClO3S.Na.H/c1-4(2-3-5)8-9(6)7;;/h4H,2-3H2,1H3,(H,6,7);;/q;+1;-1/p-1. The first-order valence-corrected chi connectivity index (χ1v) is 4.02. The molecule has 0 saturated heterocycles. The average molecular weight is 196 g/mol. The molecule has 0 aliphatic carbocycles. The quantitative estimate of drug-likeness (QED) is 0.294. The maximum atomic E-state index is 9.82. The van der Waals surface area contributed by atoms with Crippen LogP contribution in [0, 0.1) is 0 Å². The van der Waals surface area contributed by atoms with Gasteiger partial charge in [-0.1, -0.05) is 0 Å². The van der Waals surface area contributed by atoms with Crippen molar-refractivity contribution in [1.29, 1.82) is 0 Å². The maximum Gasteiger partial charge on any atom is 1.00 e. The molecule has 10 heavy (non-hydrogen) atoms. The molecule has 0 aromatic carbocycles. The Labute approximate surface area is 91.7 Å². The van der Waals surface area contributed by atoms with Gasteiger partial charge in [-0.15, -0.1) is 11.6 Å². The summed E-state index contributed by atoms with van der Waals surface area (Å²) in [5.41, 5.74) is 0. The molecule has 0 aliphatic rings. The molecule has 3 nitrogen and oxygen atoms in total. The molecule has 0 radical (unpaired) electrons. The summed E-state index contributed by atoms with van der Waals surface area (Å²) in [6.07, 6.45) is 0.246. The topological polar surface area (TPSA) is 49.4 Å². The molecule has 0 rings (SSSR count). The van der Waals surface area contributed by atoms with Gasteiger partial charge in [0.15, 0.2) is 0 Å². The minimum absolute atomic E-state index is 0. The minimum Gasteiger partial charge on any atom is -1.00 e. The van der Waals surface area contributed by atoms with Gasteiger partial charge in [-0.05, 0) is 13.3 Å². The van der Waals surface area contributed by atoms with Crippen LogP contribution < -0.4 is 29.6 Å². The van der Waals surface area contributed by atoms with E-state index in [9.17, 15) is 8.76 Å². The average Bonchev–Trinajstić information content (AvgIpc) is 1.63. The van der Waals surface area contributed by atoms with Crippen molar-refractivity contribution in [2.75, 3.05) is 5.88 Å². The van der Waals surface area contributed by atoms with Crippen LogP contribution in [0.3, 0.4) is 0 Å². The molecule has 0 fully saturated rings. The van der Waals surface area contributed by atoms with Crippen molar-refractivity contribution in [2.24, 2.45) is 0 Å². The van der Waals surface area contributed by atoms with E-state index in [4.69, 9.17) is 11.6 Å². The Bertz CT molecular complexity index is 107. The zero-order valence-electron chi connectivity index (χ0n) is 7.00. The first-order chi connectivity index (χ1) is 4.16. The molecule has 0 aromatic rings. The van der Waals surface area contributed by atoms with Crippen molar-refractivity contribution < 1.29 is 43.9 Å². The summed E-state index contributed by atoms with van der Waals surface area (Å²) in [6.45, 7) is 1.65. The van der Waals surface area contributed by atoms with E-state index in [-0.39, 0.29) is 37.1 Å². The van der Waals surface area contributed by atoms with E-state index in [0.29, 0.717) is 12.3 Å². The van der Waals surface area contributed by atoms with Gasteiger partial charge in [-0.2, -0.15) is 0 Å². The van der Waals surface area contributed by atoms with Crippen molar-refractivity contribution in [3.63, 3.8) is 0 Å². The second-order valence-corrected chi connectivity index (χ2v) is 2.57. The van der Waals surface area contributed by atoms with Crippen LogP contribution in [0.15, 0.2) is 0 Å². The molecule has 0 saturated carbocycles. The van der Waals surface area contributed by atoms with Crippen molar-refractivity contribution in [1.82, 2.24) is 0 Å². The third kappa shape index (κ3) is 9.36. The Morgan fingerprint density at radius 3 is 2.70 bits per heavy atom. The number of halogens is 1. The van der Waals surface area contributed by atoms with Gasteiger partial charge in [0.1, 0.15) is 0 Å². The molecule has 0 aliphatic heterocycles. The monoisotopic (exact) mass is 195 g/mol. The Morgan fingerprint density at radius 1 is 1.90 bits per heavy atom. The summed E-state index contributed by atoms with van der Waals surface area (Å²) < 4.78 is 24.0. The van der Waals surface area contributed by atoms with E-state index in [0.717, 1.165) is 0 Å². The van der Waals surface area contributed by atoms with Crippen molar-refractivity contribution >= 4 is 23.0 Å². The second-order valence-electron chi connectivity index (χ2n) is 1.59. The fraction of sp³-hybridized carbons (Fsp3) is 1.00. The van der Waals surface area contributed by atoms with Crippen LogP contribution >= 0.6 is 11.6 Å². The third-order valence-corrected chi connectivity index (χ3v) is 1.46. The van der Waals surface area contributed by atoms with Crippen LogP contribution in [-0.2, 0) is 15.5 Å². The fourth-order valence-electron chi connectivity index (χ4n) is 0.336. The number of hydrogen-bond acceptors (Lipinski definition) is 3. The number of rotatable bonds is 4. The fourth-order valence-corrected chi connectivity index (χ4v) is 1.01. The Hall–Kier alpha value is 1.36. The molecule has 0 amide bonds. The molecule has 2 atom stereocenters. The van der Waals surface area contributed by atoms with Crippen LogP contribution in [-0.4, -0.2) is 20.7 Å². The Morgan fingerprint density at radius 2 is 2.40 bits per heavy atom. The summed E-state index contributed by atoms with van der Waals surface area (Å²) in [7, 11) is 0. The van der Waals surface area contributed by atoms with Crippen molar-refractivity contribution in [3.05, 3.63) is 0 Å². The summed E-state index contributed by atoms with van der Waals surface area (Å²) in [5.74, 6) is 0.415. The Balaban J connectivity index is -0.000000320. The van der Waals surface area contributed by atoms with E-state index in [1.165, 1.54) is 0 Å². The molecule has 58 valence electrons. The molecule has 6 heteroatoms. The maximum absolute atomic E-state index is 9.82. The summed E-state index contributed by atoms with van der Waals surface area (Å²) in [6, 6.07) is 0. The third-order valence-electron chi connectivity index (χ3n) is 0.758. The molecule has 2 unspecified atom stereocenters. The van der Waals surface area contributed by atoms with Crippen LogP contribution in [0.4, 0.5) is 0 Å². The van der Waals surface area contributed by atoms with Crippen molar-refractivity contribution in [3.8, 4) is 0 Å². The van der Waals surface area contributed by atoms with Gasteiger partial charge in [0.2, 0.25) is 0 Å². The van der Waals surface area contributed by atoms with Gasteiger partial charge in [0.05, 0.1) is 17.5 Å². The smallest absolute Gasteiger partial charge is 1.00 e. The molecule has 0 N–H and O–H groups in total. The van der Waals surface area contributed by atoms with E-state index in [1.807, 2.05) is 0 Å². The van der Waals surface area contributed by atoms with Gasteiger partial charge >= 0.3 is 29.6 Å². The molecular formula is C4H9ClNaO3S-. The van der Waals surface area contributed by atoms with Gasteiger partial charge in [0, 0.05) is 5.88 Å². The van der Waals surface area contributed by atoms with E-state index < -0.39 is 11.4 Å². The number of hydrogen-bond donors (Lipinski definition) is 0. The van der Waals surface area contributed by atoms with Crippen molar-refractivity contribution in [2.45, 2.75) is 19.4 Å². The molecule has 0 aromatic heterocycles. The summed E-state index contributed by atoms with van der Waals surface area (Å²) in [4.78, 5) is 0. The van der Waals surface area contributed by atoms with Gasteiger partial charge in [0.25, 0.3) is 0 Å². The zero-order valence-corrected chi connectivity index (χ0v) is 9.57. The normalized spacial score (nSPS) is 15.5. The van der Waals surface area contributed by atoms with Gasteiger partial charge < -0.3 is 5.98 Å². The van der Waals surface area contributed by atoms with E-state index in [2.05, 4.69) is 4.18 Å². The largest absolute Gasteiger partial charge is 1.00 e. The van der Waals surface area contributed by atoms with Crippen LogP contribution in [0.25, 0.3) is 0 Å². The van der Waals surface area contributed by atoms with Gasteiger partial charge in [-0.25, -0.2) is 4.21 Å². The van der Waals surface area contributed by atoms with Crippen LogP contribution in [0.5, 0.6) is 0 Å². The van der Waals surface area contributed by atoms with Gasteiger partial charge in [-0.3, -0.25) is 4.18 Å². The molecule has 0 bridgehead atoms. The van der Waals surface area contributed by atoms with E-state index >= 15 is 0 Å². The first-order valence-electron chi connectivity index (χ1n) is 2.49. The molecule has 0 spiro atoms. The summed E-state index contributed by atoms with van der Waals surface area (Å²) in [5, 5.41) is 0. The van der Waals surface area contributed by atoms with Crippen LogP contribution in [0.2, 0.25) is 0 Å². The molecular weight excluding hydrogens is 187 g/mol.